The van der Waals surface area contributed by atoms with Gasteiger partial charge >= 0.3 is 5.97 Å². The lowest BCUT2D eigenvalue weighted by Crippen LogP contribution is -2.68. The van der Waals surface area contributed by atoms with E-state index in [9.17, 15) is 25.2 Å². The Bertz CT molecular complexity index is 340. The molecule has 0 saturated carbocycles. The van der Waals surface area contributed by atoms with Gasteiger partial charge in [0.05, 0.1) is 12.7 Å². The maximum Gasteiger partial charge on any atom is 0.323 e. The second-order valence-electron chi connectivity index (χ2n) is 4.99. The largest absolute Gasteiger partial charge is 0.480 e. The molecule has 1 aliphatic rings. The molecule has 1 aliphatic heterocycles. The van der Waals surface area contributed by atoms with Crippen molar-refractivity contribution >= 4 is 5.97 Å². The van der Waals surface area contributed by atoms with Crippen molar-refractivity contribution in [2.75, 3.05) is 6.61 Å². The number of aliphatic carboxylic acids is 1. The van der Waals surface area contributed by atoms with Gasteiger partial charge in [-0.3, -0.25) is 4.79 Å². The lowest BCUT2D eigenvalue weighted by Gasteiger charge is -2.46. The molecule has 9 nitrogen and oxygen atoms in total. The molecule has 0 aromatic carbocycles. The number of aliphatic hydroxyl groups excluding tert-OH is 3. The Morgan fingerprint density at radius 3 is 2.37 bits per heavy atom. The minimum absolute atomic E-state index is 0.382. The smallest absolute Gasteiger partial charge is 0.323 e. The van der Waals surface area contributed by atoms with Crippen molar-refractivity contribution in [3.63, 3.8) is 0 Å². The van der Waals surface area contributed by atoms with Gasteiger partial charge in [0.1, 0.15) is 23.9 Å². The fourth-order valence-electron chi connectivity index (χ4n) is 1.89. The van der Waals surface area contributed by atoms with Crippen LogP contribution in [0.15, 0.2) is 0 Å². The van der Waals surface area contributed by atoms with Crippen molar-refractivity contribution in [3.05, 3.63) is 0 Å². The second-order valence-corrected chi connectivity index (χ2v) is 4.99. The number of nitrogens with two attached hydrogens (primary N) is 1. The van der Waals surface area contributed by atoms with E-state index >= 15 is 0 Å². The minimum atomic E-state index is -2.83. The van der Waals surface area contributed by atoms with Crippen LogP contribution in [0.5, 0.6) is 0 Å². The Balaban J connectivity index is 2.90. The first-order valence-corrected chi connectivity index (χ1v) is 5.63. The molecule has 0 amide bonds. The van der Waals surface area contributed by atoms with Crippen LogP contribution < -0.4 is 5.73 Å². The normalized spacial score (nSPS) is 37.6. The Hall–Kier alpha value is -0.810. The van der Waals surface area contributed by atoms with Crippen molar-refractivity contribution in [2.24, 2.45) is 5.73 Å². The first-order chi connectivity index (χ1) is 8.54. The third-order valence-corrected chi connectivity index (χ3v) is 3.23. The third kappa shape index (κ3) is 3.03. The zero-order chi connectivity index (χ0) is 15.0. The van der Waals surface area contributed by atoms with Crippen molar-refractivity contribution in [1.82, 2.24) is 0 Å². The van der Waals surface area contributed by atoms with Crippen LogP contribution in [0.25, 0.3) is 0 Å². The predicted octanol–water partition coefficient (Wildman–Crippen LogP) is -3.66. The van der Waals surface area contributed by atoms with Crippen LogP contribution >= 0.6 is 0 Å². The molecule has 1 fully saturated rings. The highest BCUT2D eigenvalue weighted by Crippen LogP contribution is 2.31. The van der Waals surface area contributed by atoms with E-state index in [0.29, 0.717) is 0 Å². The molecular weight excluding hydrogens is 262 g/mol. The van der Waals surface area contributed by atoms with Gasteiger partial charge in [-0.2, -0.15) is 0 Å². The average Bonchev–Trinajstić information content (AvgIpc) is 2.30. The summed E-state index contributed by atoms with van der Waals surface area (Å²) in [7, 11) is 0. The lowest BCUT2D eigenvalue weighted by molar-refractivity contribution is -0.353. The number of hydrogen-bond acceptors (Lipinski definition) is 8. The number of hydrogen-bond donors (Lipinski definition) is 7. The van der Waals surface area contributed by atoms with E-state index in [-0.39, 0.29) is 6.42 Å². The molecule has 1 rings (SSSR count). The van der Waals surface area contributed by atoms with Crippen LogP contribution in [0.3, 0.4) is 0 Å². The lowest BCUT2D eigenvalue weighted by atomic mass is 9.85. The fourth-order valence-corrected chi connectivity index (χ4v) is 1.89. The van der Waals surface area contributed by atoms with E-state index in [1.807, 2.05) is 0 Å². The number of carboxylic acid groups (broad SMARTS) is 1. The third-order valence-electron chi connectivity index (χ3n) is 3.23. The molecule has 1 heterocycles. The van der Waals surface area contributed by atoms with E-state index in [4.69, 9.17) is 20.7 Å². The topological polar surface area (TPSA) is 174 Å². The standard InChI is InChI=1S/C10H19NO8/c1-9(11,8(15)16)2-4-6(13)7(14)10(17,18)5(3-12)19-4/h4-7,12-14,17-18H,2-3,11H2,1H3,(H,15,16)/t4-,5+,6-,7+,9-/m0/s1. The number of ether oxygens (including phenoxy) is 1. The summed E-state index contributed by atoms with van der Waals surface area (Å²) < 4.78 is 5.02. The molecule has 0 bridgehead atoms. The van der Waals surface area contributed by atoms with Crippen LogP contribution in [-0.4, -0.2) is 79.0 Å². The highest BCUT2D eigenvalue weighted by Gasteiger charge is 2.54. The van der Waals surface area contributed by atoms with E-state index in [2.05, 4.69) is 0 Å². The van der Waals surface area contributed by atoms with Gasteiger partial charge in [-0.05, 0) is 6.92 Å². The molecular formula is C10H19NO8. The van der Waals surface area contributed by atoms with Crippen LogP contribution in [-0.2, 0) is 9.53 Å². The Labute approximate surface area is 108 Å². The summed E-state index contributed by atoms with van der Waals surface area (Å²) in [6.07, 6.45) is -6.99. The van der Waals surface area contributed by atoms with Crippen LogP contribution in [0.4, 0.5) is 0 Å². The Morgan fingerprint density at radius 1 is 1.42 bits per heavy atom. The molecule has 5 atom stereocenters. The minimum Gasteiger partial charge on any atom is -0.480 e. The number of carboxylic acids is 1. The van der Waals surface area contributed by atoms with Crippen LogP contribution in [0.1, 0.15) is 13.3 Å². The van der Waals surface area contributed by atoms with Gasteiger partial charge in [0, 0.05) is 6.42 Å². The van der Waals surface area contributed by atoms with Gasteiger partial charge in [-0.15, -0.1) is 0 Å². The van der Waals surface area contributed by atoms with Crippen molar-refractivity contribution in [1.29, 1.82) is 0 Å². The Kier molecular flexibility index (Phi) is 4.52. The molecule has 0 aromatic rings. The molecule has 0 unspecified atom stereocenters. The van der Waals surface area contributed by atoms with Gasteiger partial charge in [0.15, 0.2) is 0 Å². The molecule has 9 heteroatoms. The molecule has 112 valence electrons. The van der Waals surface area contributed by atoms with Gasteiger partial charge in [-0.1, -0.05) is 0 Å². The maximum absolute atomic E-state index is 10.9. The highest BCUT2D eigenvalue weighted by molar-refractivity contribution is 5.77. The summed E-state index contributed by atoms with van der Waals surface area (Å²) >= 11 is 0. The molecule has 1 saturated heterocycles. The summed E-state index contributed by atoms with van der Waals surface area (Å²) in [5.74, 6) is -4.18. The van der Waals surface area contributed by atoms with E-state index in [0.717, 1.165) is 0 Å². The van der Waals surface area contributed by atoms with E-state index < -0.39 is 48.3 Å². The quantitative estimate of drug-likeness (QED) is 0.256. The summed E-state index contributed by atoms with van der Waals surface area (Å²) in [6.45, 7) is 0.354. The molecule has 8 N–H and O–H groups in total. The molecule has 19 heavy (non-hydrogen) atoms. The summed E-state index contributed by atoms with van der Waals surface area (Å²) in [5.41, 5.74) is 3.75. The van der Waals surface area contributed by atoms with Gasteiger partial charge < -0.3 is 41.1 Å². The SMILES string of the molecule is C[C@](N)(C[C@@H]1O[C@H](CO)C(O)(O)[C@H](O)[C@H]1O)C(=O)O. The number of rotatable bonds is 4. The fraction of sp³-hybridized carbons (Fsp3) is 0.900. The Morgan fingerprint density at radius 2 is 1.95 bits per heavy atom. The van der Waals surface area contributed by atoms with Crippen LogP contribution in [0.2, 0.25) is 0 Å². The zero-order valence-corrected chi connectivity index (χ0v) is 10.3. The van der Waals surface area contributed by atoms with E-state index in [1.54, 1.807) is 0 Å². The van der Waals surface area contributed by atoms with Crippen molar-refractivity contribution in [3.8, 4) is 0 Å². The van der Waals surface area contributed by atoms with Gasteiger partial charge in [-0.25, -0.2) is 0 Å². The van der Waals surface area contributed by atoms with Gasteiger partial charge in [0.2, 0.25) is 5.79 Å². The first kappa shape index (κ1) is 16.2. The zero-order valence-electron chi connectivity index (χ0n) is 10.3. The number of aliphatic hydroxyl groups is 5. The van der Waals surface area contributed by atoms with Crippen molar-refractivity contribution < 1.29 is 40.2 Å². The van der Waals surface area contributed by atoms with Gasteiger partial charge in [0.25, 0.3) is 0 Å². The second kappa shape index (κ2) is 5.29. The number of carbonyl (C=O) groups is 1. The maximum atomic E-state index is 10.9. The molecule has 0 aliphatic carbocycles. The summed E-state index contributed by atoms with van der Waals surface area (Å²) in [5, 5.41) is 56.2. The van der Waals surface area contributed by atoms with Crippen molar-refractivity contribution in [2.45, 2.75) is 49.1 Å². The molecule has 0 radical (unpaired) electrons. The molecule has 0 aromatic heterocycles. The predicted molar refractivity (Wildman–Crippen MR) is 59.8 cm³/mol. The first-order valence-electron chi connectivity index (χ1n) is 5.63. The highest BCUT2D eigenvalue weighted by atomic mass is 16.6. The monoisotopic (exact) mass is 281 g/mol. The summed E-state index contributed by atoms with van der Waals surface area (Å²) in [6, 6.07) is 0. The summed E-state index contributed by atoms with van der Waals surface area (Å²) in [4.78, 5) is 10.9. The molecule has 0 spiro atoms. The average molecular weight is 281 g/mol. The van der Waals surface area contributed by atoms with E-state index in [1.165, 1.54) is 6.92 Å². The van der Waals surface area contributed by atoms with Crippen LogP contribution in [0, 0.1) is 0 Å².